The first kappa shape index (κ1) is 21.5. The number of para-hydroxylation sites is 1. The number of aromatic hydroxyl groups is 1. The van der Waals surface area contributed by atoms with Gasteiger partial charge in [0.2, 0.25) is 0 Å². The van der Waals surface area contributed by atoms with Crippen LogP contribution in [0, 0.1) is 30.3 Å². The molecule has 30 heavy (non-hydrogen) atoms. The van der Waals surface area contributed by atoms with Crippen molar-refractivity contribution < 1.29 is 24.7 Å². The van der Waals surface area contributed by atoms with Crippen molar-refractivity contribution in [1.82, 2.24) is 4.73 Å². The Morgan fingerprint density at radius 2 is 1.30 bits per heavy atom. The predicted octanol–water partition coefficient (Wildman–Crippen LogP) is 2.81. The number of benzene rings is 2. The van der Waals surface area contributed by atoms with Crippen LogP contribution < -0.4 is 10.3 Å². The fraction of sp³-hybridized carbons (Fsp3) is 0. The largest absolute Gasteiger partial charge is 0.497 e. The zero-order valence-corrected chi connectivity index (χ0v) is 14.9. The Hall–Kier alpha value is -4.81. The molecule has 2 aromatic carbocycles. The molecule has 1 heterocycles. The van der Waals surface area contributed by atoms with Gasteiger partial charge in [-0.2, -0.15) is 4.73 Å². The first-order valence-electron chi connectivity index (χ1n) is 7.91. The molecule has 13 nitrogen and oxygen atoms in total. The fourth-order valence-corrected chi connectivity index (χ4v) is 2.04. The van der Waals surface area contributed by atoms with E-state index < -0.39 is 37.6 Å². The van der Waals surface area contributed by atoms with E-state index in [1.165, 1.54) is 16.9 Å². The molecule has 0 atom stereocenters. The maximum absolute atomic E-state index is 10.8. The second kappa shape index (κ2) is 9.41. The Morgan fingerprint density at radius 3 is 1.73 bits per heavy atom. The molecule has 0 aliphatic heterocycles. The van der Waals surface area contributed by atoms with Crippen LogP contribution in [-0.4, -0.2) is 24.6 Å². The molecule has 154 valence electrons. The number of nitro benzene ring substituents is 3. The Balaban J connectivity index is 0.000000215. The van der Waals surface area contributed by atoms with Gasteiger partial charge in [0, 0.05) is 24.5 Å². The summed E-state index contributed by atoms with van der Waals surface area (Å²) in [6, 6.07) is 13.2. The molecular weight excluding hydrogens is 404 g/mol. The van der Waals surface area contributed by atoms with Gasteiger partial charge in [0.15, 0.2) is 11.2 Å². The third kappa shape index (κ3) is 5.59. The number of hydrogen-bond donors (Lipinski definition) is 1. The van der Waals surface area contributed by atoms with Crippen molar-refractivity contribution >= 4 is 17.1 Å². The molecule has 0 radical (unpaired) electrons. The lowest BCUT2D eigenvalue weighted by Crippen LogP contribution is -2.08. The van der Waals surface area contributed by atoms with E-state index >= 15 is 0 Å². The predicted molar refractivity (Wildman–Crippen MR) is 101 cm³/mol. The maximum Gasteiger partial charge on any atom is 0.324 e. The van der Waals surface area contributed by atoms with E-state index in [1.54, 1.807) is 12.4 Å². The van der Waals surface area contributed by atoms with Crippen molar-refractivity contribution in [2.45, 2.75) is 0 Å². The summed E-state index contributed by atoms with van der Waals surface area (Å²) in [5.41, 5.74) is -3.03. The molecule has 0 bridgehead atoms. The van der Waals surface area contributed by atoms with Crippen molar-refractivity contribution in [3.63, 3.8) is 0 Å². The quantitative estimate of drug-likeness (QED) is 0.483. The standard InChI is InChI=1S/C11H9NO2.C6H3N3O7/c13-10-6-8-12(9-7-10)14-11-4-2-1-3-5-11;10-6-4(8(13)14)1-3(7(11)12)2-5(6)9(15)16/h1-9H;1-2,10H. The number of nitrogens with zero attached hydrogens (tertiary/aromatic N) is 4. The van der Waals surface area contributed by atoms with Crippen LogP contribution in [0.15, 0.2) is 71.8 Å². The number of nitro groups is 3. The van der Waals surface area contributed by atoms with Gasteiger partial charge in [-0.3, -0.25) is 35.1 Å². The third-order valence-corrected chi connectivity index (χ3v) is 3.38. The first-order valence-corrected chi connectivity index (χ1v) is 7.91. The number of phenolic OH excluding ortho intramolecular Hbond substituents is 1. The lowest BCUT2D eigenvalue weighted by molar-refractivity contribution is -0.404. The molecule has 0 saturated heterocycles. The van der Waals surface area contributed by atoms with E-state index in [1.807, 2.05) is 30.3 Å². The SMILES string of the molecule is O=[N+]([O-])c1cc([N+](=O)[O-])c(O)c([N+](=O)[O-])c1.O=c1ccn(Oc2ccccc2)cc1. The monoisotopic (exact) mass is 416 g/mol. The van der Waals surface area contributed by atoms with E-state index in [2.05, 4.69) is 0 Å². The summed E-state index contributed by atoms with van der Waals surface area (Å²) in [6.07, 6.45) is 3.16. The minimum Gasteiger partial charge on any atom is -0.497 e. The highest BCUT2D eigenvalue weighted by molar-refractivity contribution is 5.64. The Kier molecular flexibility index (Phi) is 6.74. The average Bonchev–Trinajstić information content (AvgIpc) is 2.70. The zero-order valence-electron chi connectivity index (χ0n) is 14.9. The summed E-state index contributed by atoms with van der Waals surface area (Å²) in [5.74, 6) is -0.475. The van der Waals surface area contributed by atoms with E-state index in [4.69, 9.17) is 9.94 Å². The molecule has 0 unspecified atom stereocenters. The number of aromatic nitrogens is 1. The Bertz CT molecular complexity index is 1090. The second-order valence-electron chi connectivity index (χ2n) is 5.40. The van der Waals surface area contributed by atoms with Crippen LogP contribution in [0.25, 0.3) is 0 Å². The average molecular weight is 416 g/mol. The highest BCUT2D eigenvalue weighted by atomic mass is 16.7. The highest BCUT2D eigenvalue weighted by Crippen LogP contribution is 2.38. The van der Waals surface area contributed by atoms with E-state index in [9.17, 15) is 35.1 Å². The maximum atomic E-state index is 10.8. The highest BCUT2D eigenvalue weighted by Gasteiger charge is 2.30. The lowest BCUT2D eigenvalue weighted by Gasteiger charge is -2.06. The van der Waals surface area contributed by atoms with Crippen LogP contribution in [0.2, 0.25) is 0 Å². The summed E-state index contributed by atoms with van der Waals surface area (Å²) in [4.78, 5) is 44.0. The van der Waals surface area contributed by atoms with E-state index in [0.717, 1.165) is 5.75 Å². The minimum absolute atomic E-state index is 0.0297. The summed E-state index contributed by atoms with van der Waals surface area (Å²) in [5, 5.41) is 40.2. The van der Waals surface area contributed by atoms with Crippen molar-refractivity contribution in [3.8, 4) is 11.5 Å². The number of rotatable bonds is 5. The van der Waals surface area contributed by atoms with Crippen LogP contribution in [0.4, 0.5) is 17.1 Å². The normalized spacial score (nSPS) is 9.73. The van der Waals surface area contributed by atoms with Gasteiger partial charge in [-0.1, -0.05) is 18.2 Å². The van der Waals surface area contributed by atoms with Gasteiger partial charge in [-0.05, 0) is 12.1 Å². The van der Waals surface area contributed by atoms with Gasteiger partial charge in [-0.25, -0.2) is 0 Å². The molecule has 3 aromatic rings. The molecule has 1 aromatic heterocycles. The van der Waals surface area contributed by atoms with E-state index in [0.29, 0.717) is 12.1 Å². The van der Waals surface area contributed by atoms with E-state index in [-0.39, 0.29) is 5.43 Å². The molecular formula is C17H12N4O9. The molecule has 0 fully saturated rings. The Morgan fingerprint density at radius 1 is 0.800 bits per heavy atom. The second-order valence-corrected chi connectivity index (χ2v) is 5.40. The van der Waals surface area contributed by atoms with Crippen LogP contribution in [0.1, 0.15) is 0 Å². The summed E-state index contributed by atoms with van der Waals surface area (Å²) in [6.45, 7) is 0. The molecule has 0 amide bonds. The summed E-state index contributed by atoms with van der Waals surface area (Å²) < 4.78 is 1.48. The fourth-order valence-electron chi connectivity index (χ4n) is 2.04. The van der Waals surface area contributed by atoms with Gasteiger partial charge < -0.3 is 9.94 Å². The van der Waals surface area contributed by atoms with Gasteiger partial charge >= 0.3 is 11.4 Å². The van der Waals surface area contributed by atoms with Gasteiger partial charge in [0.1, 0.15) is 0 Å². The van der Waals surface area contributed by atoms with Crippen molar-refractivity contribution in [2.75, 3.05) is 0 Å². The molecule has 0 saturated carbocycles. The number of non-ortho nitro benzene ring substituents is 1. The van der Waals surface area contributed by atoms with Gasteiger partial charge in [-0.15, -0.1) is 0 Å². The van der Waals surface area contributed by atoms with Crippen molar-refractivity contribution in [2.24, 2.45) is 0 Å². The molecule has 0 spiro atoms. The van der Waals surface area contributed by atoms with Crippen LogP contribution in [-0.2, 0) is 0 Å². The molecule has 0 aliphatic carbocycles. The minimum atomic E-state index is -1.21. The van der Waals surface area contributed by atoms with Gasteiger partial charge in [0.25, 0.3) is 11.4 Å². The number of phenols is 1. The molecule has 3 rings (SSSR count). The number of pyridine rings is 1. The topological polar surface area (TPSA) is 181 Å². The zero-order chi connectivity index (χ0) is 22.3. The molecule has 13 heteroatoms. The van der Waals surface area contributed by atoms with Crippen LogP contribution in [0.3, 0.4) is 0 Å². The van der Waals surface area contributed by atoms with Gasteiger partial charge in [0.05, 0.1) is 26.9 Å². The number of hydrogen-bond acceptors (Lipinski definition) is 9. The molecule has 1 N–H and O–H groups in total. The third-order valence-electron chi connectivity index (χ3n) is 3.38. The summed E-state index contributed by atoms with van der Waals surface area (Å²) >= 11 is 0. The lowest BCUT2D eigenvalue weighted by atomic mass is 10.2. The van der Waals surface area contributed by atoms with Crippen LogP contribution >= 0.6 is 0 Å². The van der Waals surface area contributed by atoms with Crippen LogP contribution in [0.5, 0.6) is 11.5 Å². The smallest absolute Gasteiger partial charge is 0.324 e. The van der Waals surface area contributed by atoms with Crippen molar-refractivity contribution in [1.29, 1.82) is 0 Å². The van der Waals surface area contributed by atoms with Crippen molar-refractivity contribution in [3.05, 3.63) is 108 Å². The molecule has 0 aliphatic rings. The Labute approximate surface area is 166 Å². The first-order chi connectivity index (χ1) is 14.2. The summed E-state index contributed by atoms with van der Waals surface area (Å²) in [7, 11) is 0.